The van der Waals surface area contributed by atoms with Crippen molar-refractivity contribution in [2.75, 3.05) is 0 Å². The van der Waals surface area contributed by atoms with Gasteiger partial charge in [0, 0.05) is 23.3 Å². The van der Waals surface area contributed by atoms with Crippen LogP contribution in [0.4, 0.5) is 0 Å². The van der Waals surface area contributed by atoms with Crippen molar-refractivity contribution in [1.82, 2.24) is 9.97 Å². The molecular weight excluding hydrogens is 192 g/mol. The van der Waals surface area contributed by atoms with Crippen molar-refractivity contribution in [1.29, 1.82) is 0 Å². The maximum Gasteiger partial charge on any atom is 0.155 e. The zero-order chi connectivity index (χ0) is 8.39. The van der Waals surface area contributed by atoms with Crippen LogP contribution >= 0.6 is 22.9 Å². The second-order valence-corrected chi connectivity index (χ2v) is 3.35. The molecule has 2 heterocycles. The van der Waals surface area contributed by atoms with E-state index in [-0.39, 0.29) is 0 Å². The van der Waals surface area contributed by atoms with Crippen LogP contribution in [0.1, 0.15) is 0 Å². The second-order valence-electron chi connectivity index (χ2n) is 2.21. The molecule has 0 fully saturated rings. The van der Waals surface area contributed by atoms with Gasteiger partial charge in [0.05, 0.1) is 0 Å². The quantitative estimate of drug-likeness (QED) is 0.701. The summed E-state index contributed by atoms with van der Waals surface area (Å²) < 4.78 is 0. The summed E-state index contributed by atoms with van der Waals surface area (Å²) in [5.74, 6) is 0. The van der Waals surface area contributed by atoms with Crippen LogP contribution in [0.5, 0.6) is 0 Å². The Labute approximate surface area is 78.9 Å². The van der Waals surface area contributed by atoms with Crippen LogP contribution in [0.15, 0.2) is 29.2 Å². The third-order valence-electron chi connectivity index (χ3n) is 1.45. The lowest BCUT2D eigenvalue weighted by Crippen LogP contribution is -1.84. The molecule has 0 radical (unpaired) electrons. The van der Waals surface area contributed by atoms with Gasteiger partial charge in [0.15, 0.2) is 5.15 Å². The van der Waals surface area contributed by atoms with E-state index in [1.54, 1.807) is 23.7 Å². The molecule has 0 unspecified atom stereocenters. The van der Waals surface area contributed by atoms with E-state index in [2.05, 4.69) is 9.97 Å². The smallest absolute Gasteiger partial charge is 0.155 e. The van der Waals surface area contributed by atoms with Gasteiger partial charge in [0.1, 0.15) is 5.69 Å². The van der Waals surface area contributed by atoms with Crippen LogP contribution in [0.2, 0.25) is 5.15 Å². The van der Waals surface area contributed by atoms with Crippen LogP contribution in [0.3, 0.4) is 0 Å². The number of hydrogen-bond donors (Lipinski definition) is 0. The van der Waals surface area contributed by atoms with E-state index >= 15 is 0 Å². The minimum Gasteiger partial charge on any atom is -0.251 e. The Kier molecular flexibility index (Phi) is 2.06. The van der Waals surface area contributed by atoms with E-state index in [4.69, 9.17) is 11.6 Å². The molecule has 0 aromatic carbocycles. The van der Waals surface area contributed by atoms with Gasteiger partial charge in [0.2, 0.25) is 0 Å². The topological polar surface area (TPSA) is 25.8 Å². The van der Waals surface area contributed by atoms with E-state index in [0.717, 1.165) is 11.3 Å². The van der Waals surface area contributed by atoms with Gasteiger partial charge < -0.3 is 0 Å². The molecule has 0 aliphatic heterocycles. The standard InChI is InChI=1S/C8H5ClN2S/c9-8-7(10-2-3-11-8)6-1-4-12-5-6/h1-5H. The average molecular weight is 197 g/mol. The summed E-state index contributed by atoms with van der Waals surface area (Å²) in [6.45, 7) is 0. The van der Waals surface area contributed by atoms with Gasteiger partial charge in [-0.3, -0.25) is 4.98 Å². The minimum atomic E-state index is 0.455. The summed E-state index contributed by atoms with van der Waals surface area (Å²) in [5.41, 5.74) is 1.78. The van der Waals surface area contributed by atoms with Gasteiger partial charge in [-0.1, -0.05) is 11.6 Å². The number of nitrogens with zero attached hydrogens (tertiary/aromatic N) is 2. The molecule has 4 heteroatoms. The zero-order valence-corrected chi connectivity index (χ0v) is 7.64. The summed E-state index contributed by atoms with van der Waals surface area (Å²) >= 11 is 7.46. The molecule has 0 amide bonds. The molecule has 2 rings (SSSR count). The predicted octanol–water partition coefficient (Wildman–Crippen LogP) is 2.86. The lowest BCUT2D eigenvalue weighted by molar-refractivity contribution is 1.21. The van der Waals surface area contributed by atoms with Crippen LogP contribution in [0, 0.1) is 0 Å². The zero-order valence-electron chi connectivity index (χ0n) is 6.07. The van der Waals surface area contributed by atoms with Crippen molar-refractivity contribution in [3.63, 3.8) is 0 Å². The molecule has 12 heavy (non-hydrogen) atoms. The van der Waals surface area contributed by atoms with E-state index in [1.165, 1.54) is 0 Å². The Hall–Kier alpha value is -0.930. The van der Waals surface area contributed by atoms with E-state index in [1.807, 2.05) is 16.8 Å². The molecule has 2 nitrogen and oxygen atoms in total. The Morgan fingerprint density at radius 3 is 2.75 bits per heavy atom. The van der Waals surface area contributed by atoms with Gasteiger partial charge in [-0.2, -0.15) is 11.3 Å². The van der Waals surface area contributed by atoms with Crippen molar-refractivity contribution < 1.29 is 0 Å². The number of thiophene rings is 1. The number of halogens is 1. The van der Waals surface area contributed by atoms with Crippen molar-refractivity contribution >= 4 is 22.9 Å². The number of hydrogen-bond acceptors (Lipinski definition) is 3. The minimum absolute atomic E-state index is 0.455. The van der Waals surface area contributed by atoms with Gasteiger partial charge in [-0.15, -0.1) is 0 Å². The number of rotatable bonds is 1. The van der Waals surface area contributed by atoms with E-state index in [9.17, 15) is 0 Å². The number of aromatic nitrogens is 2. The molecule has 2 aromatic rings. The summed E-state index contributed by atoms with van der Waals surface area (Å²) in [4.78, 5) is 8.08. The SMILES string of the molecule is Clc1nccnc1-c1ccsc1. The maximum atomic E-state index is 5.85. The van der Waals surface area contributed by atoms with Gasteiger partial charge in [0.25, 0.3) is 0 Å². The fourth-order valence-corrected chi connectivity index (χ4v) is 1.77. The molecule has 0 spiro atoms. The van der Waals surface area contributed by atoms with E-state index in [0.29, 0.717) is 5.15 Å². The van der Waals surface area contributed by atoms with Crippen molar-refractivity contribution in [2.24, 2.45) is 0 Å². The van der Waals surface area contributed by atoms with Crippen molar-refractivity contribution in [3.8, 4) is 11.3 Å². The molecule has 60 valence electrons. The summed E-state index contributed by atoms with van der Waals surface area (Å²) in [5, 5.41) is 4.44. The Bertz CT molecular complexity index is 372. The highest BCUT2D eigenvalue weighted by Gasteiger charge is 2.04. The van der Waals surface area contributed by atoms with Crippen LogP contribution in [-0.4, -0.2) is 9.97 Å². The Morgan fingerprint density at radius 2 is 2.08 bits per heavy atom. The normalized spacial score (nSPS) is 10.1. The lowest BCUT2D eigenvalue weighted by atomic mass is 10.2. The fraction of sp³-hybridized carbons (Fsp3) is 0. The monoisotopic (exact) mass is 196 g/mol. The average Bonchev–Trinajstić information content (AvgIpc) is 2.57. The van der Waals surface area contributed by atoms with Gasteiger partial charge in [-0.25, -0.2) is 4.98 Å². The van der Waals surface area contributed by atoms with Crippen LogP contribution < -0.4 is 0 Å². The third-order valence-corrected chi connectivity index (χ3v) is 2.41. The maximum absolute atomic E-state index is 5.85. The first-order valence-corrected chi connectivity index (χ1v) is 4.69. The van der Waals surface area contributed by atoms with Crippen LogP contribution in [0.25, 0.3) is 11.3 Å². The molecule has 0 N–H and O–H groups in total. The highest BCUT2D eigenvalue weighted by molar-refractivity contribution is 7.08. The highest BCUT2D eigenvalue weighted by Crippen LogP contribution is 2.24. The fourth-order valence-electron chi connectivity index (χ4n) is 0.914. The first-order chi connectivity index (χ1) is 5.88. The van der Waals surface area contributed by atoms with Crippen molar-refractivity contribution in [3.05, 3.63) is 34.4 Å². The summed E-state index contributed by atoms with van der Waals surface area (Å²) in [6.07, 6.45) is 3.22. The predicted molar refractivity (Wildman–Crippen MR) is 50.4 cm³/mol. The lowest BCUT2D eigenvalue weighted by Gasteiger charge is -1.96. The van der Waals surface area contributed by atoms with Gasteiger partial charge >= 0.3 is 0 Å². The summed E-state index contributed by atoms with van der Waals surface area (Å²) in [7, 11) is 0. The summed E-state index contributed by atoms with van der Waals surface area (Å²) in [6, 6.07) is 1.97. The first kappa shape index (κ1) is 7.71. The van der Waals surface area contributed by atoms with Crippen molar-refractivity contribution in [2.45, 2.75) is 0 Å². The molecule has 0 atom stereocenters. The first-order valence-electron chi connectivity index (χ1n) is 3.37. The molecule has 0 saturated heterocycles. The van der Waals surface area contributed by atoms with Crippen LogP contribution in [-0.2, 0) is 0 Å². The van der Waals surface area contributed by atoms with Gasteiger partial charge in [-0.05, 0) is 11.4 Å². The molecule has 0 aliphatic carbocycles. The molecular formula is C8H5ClN2S. The largest absolute Gasteiger partial charge is 0.251 e. The van der Waals surface area contributed by atoms with E-state index < -0.39 is 0 Å². The third kappa shape index (κ3) is 1.33. The molecule has 0 aliphatic rings. The molecule has 0 saturated carbocycles. The molecule has 2 aromatic heterocycles. The second kappa shape index (κ2) is 3.21. The Morgan fingerprint density at radius 1 is 1.25 bits per heavy atom. The highest BCUT2D eigenvalue weighted by atomic mass is 35.5. The Balaban J connectivity index is 2.55. The molecule has 0 bridgehead atoms.